The lowest BCUT2D eigenvalue weighted by Gasteiger charge is -2.09. The summed E-state index contributed by atoms with van der Waals surface area (Å²) in [4.78, 5) is 17.1. The normalized spacial score (nSPS) is 12.7. The molecule has 1 amide bonds. The Hall–Kier alpha value is -1.60. The third-order valence-electron chi connectivity index (χ3n) is 2.78. The van der Waals surface area contributed by atoms with Gasteiger partial charge in [0.2, 0.25) is 11.1 Å². The van der Waals surface area contributed by atoms with Crippen molar-refractivity contribution < 1.29 is 4.79 Å². The summed E-state index contributed by atoms with van der Waals surface area (Å²) in [5.74, 6) is 1.03. The first-order valence-electron chi connectivity index (χ1n) is 6.73. The lowest BCUT2D eigenvalue weighted by Crippen LogP contribution is -2.33. The summed E-state index contributed by atoms with van der Waals surface area (Å²) in [6.45, 7) is 4.03. The van der Waals surface area contributed by atoms with Crippen LogP contribution in [0.25, 0.3) is 12.2 Å². The molecule has 2 rings (SSSR count). The van der Waals surface area contributed by atoms with Crippen molar-refractivity contribution in [3.8, 4) is 0 Å². The average molecular weight is 322 g/mol. The van der Waals surface area contributed by atoms with Crippen molar-refractivity contribution in [2.24, 2.45) is 0 Å². The molecule has 0 radical (unpaired) electrons. The van der Waals surface area contributed by atoms with Crippen LogP contribution in [0.2, 0.25) is 0 Å². The molecular formula is C14H18N4OS2. The molecular weight excluding hydrogens is 304 g/mol. The Bertz CT molecular complexity index is 592. The van der Waals surface area contributed by atoms with Gasteiger partial charge in [0.15, 0.2) is 0 Å². The summed E-state index contributed by atoms with van der Waals surface area (Å²) in [5, 5.41) is 12.5. The summed E-state index contributed by atoms with van der Waals surface area (Å²) in [6, 6.07) is 4.24. The first-order chi connectivity index (χ1) is 10.2. The summed E-state index contributed by atoms with van der Waals surface area (Å²) in [6.07, 6.45) is 4.78. The highest BCUT2D eigenvalue weighted by molar-refractivity contribution is 7.99. The van der Waals surface area contributed by atoms with Gasteiger partial charge in [0.1, 0.15) is 5.82 Å². The van der Waals surface area contributed by atoms with Gasteiger partial charge in [-0.25, -0.2) is 4.98 Å². The predicted octanol–water partition coefficient (Wildman–Crippen LogP) is 3.04. The molecule has 0 aliphatic heterocycles. The highest BCUT2D eigenvalue weighted by Crippen LogP contribution is 2.15. The Morgan fingerprint density at radius 3 is 3.14 bits per heavy atom. The smallest absolute Gasteiger partial charge is 0.230 e. The van der Waals surface area contributed by atoms with Gasteiger partial charge in [0.05, 0.1) is 5.75 Å². The molecule has 2 heterocycles. The largest absolute Gasteiger partial charge is 0.353 e. The molecule has 0 aliphatic carbocycles. The zero-order valence-corrected chi connectivity index (χ0v) is 13.6. The molecule has 5 nitrogen and oxygen atoms in total. The molecule has 1 atom stereocenters. The molecule has 0 aromatic carbocycles. The van der Waals surface area contributed by atoms with Gasteiger partial charge >= 0.3 is 0 Å². The second-order valence-electron chi connectivity index (χ2n) is 4.52. The number of nitrogens with one attached hydrogen (secondary N) is 2. The number of thioether (sulfide) groups is 1. The number of carbonyl (C=O) groups is 1. The van der Waals surface area contributed by atoms with E-state index in [-0.39, 0.29) is 11.9 Å². The van der Waals surface area contributed by atoms with Crippen LogP contribution >= 0.6 is 23.1 Å². The topological polar surface area (TPSA) is 70.7 Å². The van der Waals surface area contributed by atoms with E-state index in [1.165, 1.54) is 11.8 Å². The van der Waals surface area contributed by atoms with E-state index in [9.17, 15) is 4.79 Å². The second kappa shape index (κ2) is 7.99. The molecule has 0 saturated heterocycles. The van der Waals surface area contributed by atoms with Crippen LogP contribution in [-0.4, -0.2) is 32.9 Å². The van der Waals surface area contributed by atoms with Crippen molar-refractivity contribution in [1.29, 1.82) is 0 Å². The Labute approximate surface area is 132 Å². The third-order valence-corrected chi connectivity index (χ3v) is 4.47. The highest BCUT2D eigenvalue weighted by Gasteiger charge is 2.08. The minimum atomic E-state index is 0.00910. The van der Waals surface area contributed by atoms with Crippen molar-refractivity contribution in [2.75, 3.05) is 5.75 Å². The van der Waals surface area contributed by atoms with Gasteiger partial charge in [0, 0.05) is 10.9 Å². The van der Waals surface area contributed by atoms with E-state index in [1.54, 1.807) is 11.3 Å². The molecule has 2 aromatic rings. The lowest BCUT2D eigenvalue weighted by atomic mass is 10.3. The van der Waals surface area contributed by atoms with Crippen LogP contribution in [0.1, 0.15) is 31.0 Å². The minimum Gasteiger partial charge on any atom is -0.353 e. The number of rotatable bonds is 7. The first kappa shape index (κ1) is 15.8. The van der Waals surface area contributed by atoms with Crippen LogP contribution in [0.15, 0.2) is 22.7 Å². The monoisotopic (exact) mass is 322 g/mol. The zero-order chi connectivity index (χ0) is 15.1. The molecule has 0 fully saturated rings. The molecule has 112 valence electrons. The molecule has 0 spiro atoms. The molecule has 2 N–H and O–H groups in total. The Morgan fingerprint density at radius 1 is 1.57 bits per heavy atom. The van der Waals surface area contributed by atoms with Crippen LogP contribution in [-0.2, 0) is 4.79 Å². The van der Waals surface area contributed by atoms with Crippen molar-refractivity contribution in [3.05, 3.63) is 28.2 Å². The zero-order valence-electron chi connectivity index (χ0n) is 12.0. The van der Waals surface area contributed by atoms with Crippen LogP contribution in [0.5, 0.6) is 0 Å². The van der Waals surface area contributed by atoms with Crippen LogP contribution in [0.4, 0.5) is 0 Å². The fourth-order valence-corrected chi connectivity index (χ4v) is 2.73. The number of H-pyrrole nitrogens is 1. The SMILES string of the molecule is CCC(C)NC(=O)CSc1n[nH]c(C=Cc2cccs2)n1. The van der Waals surface area contributed by atoms with E-state index < -0.39 is 0 Å². The summed E-state index contributed by atoms with van der Waals surface area (Å²) >= 11 is 2.99. The number of nitrogens with zero attached hydrogens (tertiary/aromatic N) is 2. The lowest BCUT2D eigenvalue weighted by molar-refractivity contribution is -0.119. The molecule has 21 heavy (non-hydrogen) atoms. The predicted molar refractivity (Wildman–Crippen MR) is 88.2 cm³/mol. The van der Waals surface area contributed by atoms with Gasteiger partial charge < -0.3 is 5.32 Å². The van der Waals surface area contributed by atoms with Gasteiger partial charge in [-0.1, -0.05) is 24.8 Å². The van der Waals surface area contributed by atoms with Crippen molar-refractivity contribution in [2.45, 2.75) is 31.5 Å². The summed E-state index contributed by atoms with van der Waals surface area (Å²) < 4.78 is 0. The fraction of sp³-hybridized carbons (Fsp3) is 0.357. The van der Waals surface area contributed by atoms with Gasteiger partial charge in [-0.3, -0.25) is 9.89 Å². The molecule has 0 bridgehead atoms. The van der Waals surface area contributed by atoms with Gasteiger partial charge in [-0.05, 0) is 36.9 Å². The third kappa shape index (κ3) is 5.35. The Morgan fingerprint density at radius 2 is 2.43 bits per heavy atom. The maximum atomic E-state index is 11.7. The second-order valence-corrected chi connectivity index (χ2v) is 6.44. The number of carbonyl (C=O) groups excluding carboxylic acids is 1. The van der Waals surface area contributed by atoms with E-state index in [1.807, 2.05) is 43.5 Å². The number of hydrogen-bond donors (Lipinski definition) is 2. The molecule has 7 heteroatoms. The molecule has 0 saturated carbocycles. The fourth-order valence-electron chi connectivity index (χ4n) is 1.49. The maximum Gasteiger partial charge on any atom is 0.230 e. The van der Waals surface area contributed by atoms with Crippen molar-refractivity contribution in [3.63, 3.8) is 0 Å². The summed E-state index contributed by atoms with van der Waals surface area (Å²) in [5.41, 5.74) is 0. The molecule has 0 aliphatic rings. The number of thiophene rings is 1. The van der Waals surface area contributed by atoms with Gasteiger partial charge in [0.25, 0.3) is 0 Å². The number of amides is 1. The Balaban J connectivity index is 1.82. The average Bonchev–Trinajstić information content (AvgIpc) is 3.14. The Kier molecular flexibility index (Phi) is 6.01. The van der Waals surface area contributed by atoms with E-state index in [0.29, 0.717) is 16.7 Å². The van der Waals surface area contributed by atoms with Gasteiger partial charge in [-0.2, -0.15) is 0 Å². The van der Waals surface area contributed by atoms with Crippen LogP contribution in [0.3, 0.4) is 0 Å². The first-order valence-corrected chi connectivity index (χ1v) is 8.60. The van der Waals surface area contributed by atoms with Crippen molar-refractivity contribution >= 4 is 41.2 Å². The number of aromatic amines is 1. The summed E-state index contributed by atoms with van der Waals surface area (Å²) in [7, 11) is 0. The van der Waals surface area contributed by atoms with E-state index in [2.05, 4.69) is 20.5 Å². The minimum absolute atomic E-state index is 0.00910. The van der Waals surface area contributed by atoms with E-state index in [0.717, 1.165) is 11.3 Å². The number of hydrogen-bond acceptors (Lipinski definition) is 5. The highest BCUT2D eigenvalue weighted by atomic mass is 32.2. The standard InChI is InChI=1S/C14H18N4OS2/c1-3-10(2)15-13(19)9-21-14-16-12(17-18-14)7-6-11-5-4-8-20-11/h4-8,10H,3,9H2,1-2H3,(H,15,19)(H,16,17,18). The quantitative estimate of drug-likeness (QED) is 0.769. The van der Waals surface area contributed by atoms with E-state index in [4.69, 9.17) is 0 Å². The van der Waals surface area contributed by atoms with Gasteiger partial charge in [-0.15, -0.1) is 16.4 Å². The number of aromatic nitrogens is 3. The van der Waals surface area contributed by atoms with Crippen LogP contribution < -0.4 is 5.32 Å². The van der Waals surface area contributed by atoms with E-state index >= 15 is 0 Å². The maximum absolute atomic E-state index is 11.7. The molecule has 1 unspecified atom stereocenters. The van der Waals surface area contributed by atoms with Crippen LogP contribution in [0, 0.1) is 0 Å². The molecule has 2 aromatic heterocycles. The van der Waals surface area contributed by atoms with Crippen molar-refractivity contribution in [1.82, 2.24) is 20.5 Å².